The first-order chi connectivity index (χ1) is 16.0. The maximum atomic E-state index is 13.6. The van der Waals surface area contributed by atoms with Gasteiger partial charge >= 0.3 is 0 Å². The number of benzene rings is 3. The first-order valence-corrected chi connectivity index (χ1v) is 12.4. The van der Waals surface area contributed by atoms with E-state index in [-0.39, 0.29) is 17.9 Å². The van der Waals surface area contributed by atoms with Crippen LogP contribution in [0.3, 0.4) is 0 Å². The van der Waals surface area contributed by atoms with Crippen LogP contribution in [0.5, 0.6) is 0 Å². The van der Waals surface area contributed by atoms with Gasteiger partial charge in [0.05, 0.1) is 11.8 Å². The molecule has 0 unspecified atom stereocenters. The van der Waals surface area contributed by atoms with E-state index in [9.17, 15) is 4.79 Å². The van der Waals surface area contributed by atoms with Crippen LogP contribution >= 0.6 is 39.1 Å². The summed E-state index contributed by atoms with van der Waals surface area (Å²) in [5.74, 6) is 0.0352. The van der Waals surface area contributed by atoms with Crippen molar-refractivity contribution in [2.45, 2.75) is 25.3 Å². The summed E-state index contributed by atoms with van der Waals surface area (Å²) >= 11 is 15.7. The van der Waals surface area contributed by atoms with E-state index in [2.05, 4.69) is 22.0 Å². The Balaban J connectivity index is 1.57. The second-order valence-electron chi connectivity index (χ2n) is 8.36. The zero-order valence-corrected chi connectivity index (χ0v) is 20.8. The quantitative estimate of drug-likeness (QED) is 0.330. The van der Waals surface area contributed by atoms with Crippen LogP contribution in [-0.4, -0.2) is 16.6 Å². The summed E-state index contributed by atoms with van der Waals surface area (Å²) in [7, 11) is 0. The van der Waals surface area contributed by atoms with Gasteiger partial charge in [0.2, 0.25) is 0 Å². The number of allylic oxidation sites excluding steroid dienone is 1. The minimum atomic E-state index is -0.165. The van der Waals surface area contributed by atoms with Crippen LogP contribution in [0, 0.1) is 5.92 Å². The van der Waals surface area contributed by atoms with Crippen molar-refractivity contribution in [2.24, 2.45) is 11.0 Å². The van der Waals surface area contributed by atoms with Gasteiger partial charge in [0.25, 0.3) is 5.91 Å². The molecule has 0 N–H and O–H groups in total. The number of carbonyl (C=O) groups is 1. The summed E-state index contributed by atoms with van der Waals surface area (Å²) in [6.45, 7) is 0. The van der Waals surface area contributed by atoms with Crippen LogP contribution in [0.2, 0.25) is 10.0 Å². The van der Waals surface area contributed by atoms with Crippen molar-refractivity contribution in [1.29, 1.82) is 0 Å². The number of amides is 1. The first-order valence-electron chi connectivity index (χ1n) is 10.9. The average Bonchev–Trinajstić information content (AvgIpc) is 3.22. The SMILES string of the molecule is O=C(c1ccc(Br)cc1)N1N=C2/C(=C\c3ccc(Cl)cc3)CCC[C@H]2[C@@H]1c1ccc(Cl)cc1. The van der Waals surface area contributed by atoms with E-state index >= 15 is 0 Å². The molecule has 1 aliphatic heterocycles. The van der Waals surface area contributed by atoms with E-state index in [0.717, 1.165) is 40.6 Å². The van der Waals surface area contributed by atoms with Gasteiger partial charge in [-0.1, -0.05) is 63.4 Å². The van der Waals surface area contributed by atoms with Crippen LogP contribution in [-0.2, 0) is 0 Å². The second-order valence-corrected chi connectivity index (χ2v) is 10.1. The molecule has 0 bridgehead atoms. The summed E-state index contributed by atoms with van der Waals surface area (Å²) in [5.41, 5.74) is 4.92. The van der Waals surface area contributed by atoms with Gasteiger partial charge < -0.3 is 0 Å². The van der Waals surface area contributed by atoms with Crippen LogP contribution in [0.25, 0.3) is 6.08 Å². The van der Waals surface area contributed by atoms with E-state index in [1.54, 1.807) is 5.01 Å². The first kappa shape index (κ1) is 22.4. The Morgan fingerprint density at radius 2 is 1.58 bits per heavy atom. The highest BCUT2D eigenvalue weighted by molar-refractivity contribution is 9.10. The minimum absolute atomic E-state index is 0.102. The molecule has 5 rings (SSSR count). The highest BCUT2D eigenvalue weighted by Crippen LogP contribution is 2.45. The molecule has 3 aromatic rings. The third kappa shape index (κ3) is 4.65. The maximum Gasteiger partial charge on any atom is 0.274 e. The molecule has 1 aliphatic carbocycles. The molecular weight excluding hydrogens is 519 g/mol. The molecule has 6 heteroatoms. The highest BCUT2D eigenvalue weighted by Gasteiger charge is 2.43. The Morgan fingerprint density at radius 3 is 2.24 bits per heavy atom. The smallest absolute Gasteiger partial charge is 0.267 e. The number of rotatable bonds is 3. The molecule has 3 nitrogen and oxygen atoms in total. The molecule has 0 aromatic heterocycles. The molecule has 0 saturated heterocycles. The van der Waals surface area contributed by atoms with E-state index in [1.807, 2.05) is 72.8 Å². The number of halogens is 3. The zero-order chi connectivity index (χ0) is 22.9. The third-order valence-corrected chi connectivity index (χ3v) is 7.26. The number of hydrogen-bond donors (Lipinski definition) is 0. The molecular formula is C27H21BrCl2N2O. The third-order valence-electron chi connectivity index (χ3n) is 6.22. The predicted molar refractivity (Wildman–Crippen MR) is 139 cm³/mol. The highest BCUT2D eigenvalue weighted by atomic mass is 79.9. The van der Waals surface area contributed by atoms with Gasteiger partial charge in [0.15, 0.2) is 0 Å². The normalized spacial score (nSPS) is 21.1. The monoisotopic (exact) mass is 538 g/mol. The van der Waals surface area contributed by atoms with E-state index in [1.165, 1.54) is 5.57 Å². The molecule has 1 heterocycles. The fourth-order valence-corrected chi connectivity index (χ4v) is 5.16. The number of nitrogens with zero attached hydrogens (tertiary/aromatic N) is 2. The topological polar surface area (TPSA) is 32.7 Å². The molecule has 33 heavy (non-hydrogen) atoms. The van der Waals surface area contributed by atoms with Crippen molar-refractivity contribution >= 4 is 56.8 Å². The van der Waals surface area contributed by atoms with Gasteiger partial charge in [-0.25, -0.2) is 5.01 Å². The minimum Gasteiger partial charge on any atom is -0.267 e. The fraction of sp³-hybridized carbons (Fsp3) is 0.185. The van der Waals surface area contributed by atoms with Gasteiger partial charge in [-0.15, -0.1) is 0 Å². The molecule has 0 radical (unpaired) electrons. The second kappa shape index (κ2) is 9.46. The van der Waals surface area contributed by atoms with Crippen LogP contribution < -0.4 is 0 Å². The molecule has 3 aromatic carbocycles. The molecule has 1 saturated carbocycles. The number of hydrazone groups is 1. The van der Waals surface area contributed by atoms with Crippen LogP contribution in [0.4, 0.5) is 0 Å². The lowest BCUT2D eigenvalue weighted by molar-refractivity contribution is 0.0681. The summed E-state index contributed by atoms with van der Waals surface area (Å²) in [6.07, 6.45) is 5.14. The number of carbonyl (C=O) groups excluding carboxylic acids is 1. The van der Waals surface area contributed by atoms with E-state index < -0.39 is 0 Å². The Kier molecular flexibility index (Phi) is 6.42. The number of hydrogen-bond acceptors (Lipinski definition) is 2. The summed E-state index contributed by atoms with van der Waals surface area (Å²) in [4.78, 5) is 13.6. The molecule has 1 amide bonds. The molecule has 166 valence electrons. The summed E-state index contributed by atoms with van der Waals surface area (Å²) in [5, 5.41) is 8.01. The molecule has 1 fully saturated rings. The Bertz CT molecular complexity index is 1230. The van der Waals surface area contributed by atoms with Crippen molar-refractivity contribution in [1.82, 2.24) is 5.01 Å². The van der Waals surface area contributed by atoms with Gasteiger partial charge in [0, 0.05) is 26.0 Å². The van der Waals surface area contributed by atoms with Crippen molar-refractivity contribution < 1.29 is 4.79 Å². The lowest BCUT2D eigenvalue weighted by Gasteiger charge is -2.29. The summed E-state index contributed by atoms with van der Waals surface area (Å²) < 4.78 is 0.933. The lowest BCUT2D eigenvalue weighted by Crippen LogP contribution is -2.31. The number of fused-ring (bicyclic) bond motifs is 1. The predicted octanol–water partition coefficient (Wildman–Crippen LogP) is 8.19. The average molecular weight is 540 g/mol. The van der Waals surface area contributed by atoms with Crippen molar-refractivity contribution in [3.05, 3.63) is 110 Å². The Labute approximate surface area is 211 Å². The largest absolute Gasteiger partial charge is 0.274 e. The Hall–Kier alpha value is -2.40. The van der Waals surface area contributed by atoms with Gasteiger partial charge in [-0.2, -0.15) is 5.10 Å². The van der Waals surface area contributed by atoms with Gasteiger partial charge in [-0.05, 0) is 90.6 Å². The van der Waals surface area contributed by atoms with Gasteiger partial charge in [0.1, 0.15) is 0 Å². The van der Waals surface area contributed by atoms with Crippen molar-refractivity contribution in [3.63, 3.8) is 0 Å². The Morgan fingerprint density at radius 1 is 0.939 bits per heavy atom. The molecule has 2 atom stereocenters. The maximum absolute atomic E-state index is 13.6. The summed E-state index contributed by atoms with van der Waals surface area (Å²) in [6, 6.07) is 22.8. The fourth-order valence-electron chi connectivity index (χ4n) is 4.65. The standard InChI is InChI=1S/C27H21BrCl2N2O/c28-21-10-6-19(7-11-21)27(33)32-26(18-8-14-23(30)15-9-18)24-3-1-2-20(25(24)31-32)16-17-4-12-22(29)13-5-17/h4-16,24,26H,1-3H2/b20-16-/t24-,26+/m1/s1. The van der Waals surface area contributed by atoms with E-state index in [4.69, 9.17) is 28.3 Å². The van der Waals surface area contributed by atoms with E-state index in [0.29, 0.717) is 15.6 Å². The zero-order valence-electron chi connectivity index (χ0n) is 17.7. The van der Waals surface area contributed by atoms with Crippen LogP contribution in [0.15, 0.2) is 87.9 Å². The van der Waals surface area contributed by atoms with Crippen molar-refractivity contribution in [2.75, 3.05) is 0 Å². The van der Waals surface area contributed by atoms with Crippen LogP contribution in [0.1, 0.15) is 46.8 Å². The lowest BCUT2D eigenvalue weighted by atomic mass is 9.77. The molecule has 0 spiro atoms. The molecule has 2 aliphatic rings. The van der Waals surface area contributed by atoms with Gasteiger partial charge in [-0.3, -0.25) is 4.79 Å². The van der Waals surface area contributed by atoms with Crippen molar-refractivity contribution in [3.8, 4) is 0 Å².